The first-order chi connectivity index (χ1) is 25.2. The molecular formula is C37H69N7O11. The van der Waals surface area contributed by atoms with E-state index in [1.807, 2.05) is 0 Å². The first-order valence-electron chi connectivity index (χ1n) is 18.9. The number of ether oxygens (including phenoxy) is 5. The van der Waals surface area contributed by atoms with Crippen LogP contribution in [0.5, 0.6) is 0 Å². The summed E-state index contributed by atoms with van der Waals surface area (Å²) >= 11 is 0. The van der Waals surface area contributed by atoms with E-state index in [1.165, 1.54) is 0 Å². The number of hydrogen-bond donors (Lipinski definition) is 5. The van der Waals surface area contributed by atoms with Gasteiger partial charge in [-0.1, -0.05) is 12.8 Å². The lowest BCUT2D eigenvalue weighted by molar-refractivity contribution is -0.124. The van der Waals surface area contributed by atoms with Gasteiger partial charge in [-0.25, -0.2) is 24.0 Å². The third kappa shape index (κ3) is 32.6. The highest BCUT2D eigenvalue weighted by Gasteiger charge is 2.23. The fraction of sp³-hybridized carbons (Fsp3) is 0.811. The van der Waals surface area contributed by atoms with Crippen LogP contribution in [0.25, 0.3) is 0 Å². The number of rotatable bonds is 18. The van der Waals surface area contributed by atoms with Crippen LogP contribution in [0.15, 0.2) is 4.99 Å². The molecule has 0 aliphatic heterocycles. The van der Waals surface area contributed by atoms with Crippen LogP contribution in [0.2, 0.25) is 0 Å². The fourth-order valence-corrected chi connectivity index (χ4v) is 4.17. The number of hydrogen-bond acceptors (Lipinski definition) is 12. The highest BCUT2D eigenvalue weighted by Crippen LogP contribution is 2.12. The summed E-state index contributed by atoms with van der Waals surface area (Å²) in [6.45, 7) is 22.6. The Morgan fingerprint density at radius 2 is 0.927 bits per heavy atom. The highest BCUT2D eigenvalue weighted by atomic mass is 16.6. The smallest absolute Gasteiger partial charge is 0.414 e. The van der Waals surface area contributed by atoms with Gasteiger partial charge in [0.05, 0.1) is 0 Å². The van der Waals surface area contributed by atoms with Crippen molar-refractivity contribution in [3.05, 3.63) is 0 Å². The predicted octanol–water partition coefficient (Wildman–Crippen LogP) is 5.73. The van der Waals surface area contributed by atoms with Gasteiger partial charge in [0, 0.05) is 39.3 Å². The zero-order chi connectivity index (χ0) is 42.3. The molecule has 0 fully saturated rings. The topological polar surface area (TPSA) is 224 Å². The Hall–Kier alpha value is -4.51. The van der Waals surface area contributed by atoms with E-state index >= 15 is 0 Å². The van der Waals surface area contributed by atoms with Crippen LogP contribution in [0.3, 0.4) is 0 Å². The molecule has 18 heteroatoms. The maximum atomic E-state index is 12.7. The normalized spacial score (nSPS) is 11.6. The van der Waals surface area contributed by atoms with E-state index < -0.39 is 65.4 Å². The number of aliphatic imine (C=N–C) groups is 1. The third-order valence-corrected chi connectivity index (χ3v) is 6.30. The molecule has 0 aliphatic rings. The van der Waals surface area contributed by atoms with Gasteiger partial charge in [0.15, 0.2) is 6.61 Å². The van der Waals surface area contributed by atoms with Crippen molar-refractivity contribution in [3.8, 4) is 0 Å². The fourth-order valence-electron chi connectivity index (χ4n) is 4.17. The molecular weight excluding hydrogens is 718 g/mol. The lowest BCUT2D eigenvalue weighted by Crippen LogP contribution is -2.47. The molecule has 0 bridgehead atoms. The van der Waals surface area contributed by atoms with Crippen molar-refractivity contribution < 1.29 is 52.5 Å². The summed E-state index contributed by atoms with van der Waals surface area (Å²) in [4.78, 5) is 79.0. The van der Waals surface area contributed by atoms with Gasteiger partial charge in [-0.05, 0) is 115 Å². The quantitative estimate of drug-likeness (QED) is 0.0488. The van der Waals surface area contributed by atoms with Gasteiger partial charge in [0.1, 0.15) is 22.4 Å². The summed E-state index contributed by atoms with van der Waals surface area (Å²) in [5, 5.41) is 12.9. The van der Waals surface area contributed by atoms with E-state index in [9.17, 15) is 28.8 Å². The predicted molar refractivity (Wildman–Crippen MR) is 208 cm³/mol. The van der Waals surface area contributed by atoms with E-state index in [0.717, 1.165) is 12.8 Å². The minimum atomic E-state index is -0.767. The van der Waals surface area contributed by atoms with Crippen molar-refractivity contribution in [3.63, 3.8) is 0 Å². The monoisotopic (exact) mass is 788 g/mol. The largest absolute Gasteiger partial charge is 0.444 e. The Morgan fingerprint density at radius 1 is 0.491 bits per heavy atom. The van der Waals surface area contributed by atoms with E-state index in [0.29, 0.717) is 71.4 Å². The van der Waals surface area contributed by atoms with Gasteiger partial charge in [0.25, 0.3) is 5.91 Å². The van der Waals surface area contributed by atoms with Gasteiger partial charge < -0.3 is 44.5 Å². The summed E-state index contributed by atoms with van der Waals surface area (Å²) in [6, 6.07) is 0. The molecule has 0 aromatic carbocycles. The second-order valence-corrected chi connectivity index (χ2v) is 16.7. The second-order valence-electron chi connectivity index (χ2n) is 16.7. The minimum absolute atomic E-state index is 0.0834. The Labute approximate surface area is 327 Å². The summed E-state index contributed by atoms with van der Waals surface area (Å²) in [5.74, 6) is -0.533. The number of carbonyl (C=O) groups is 6. The van der Waals surface area contributed by atoms with Crippen LogP contribution in [-0.2, 0) is 28.5 Å². The number of nitrogens with zero attached hydrogens (tertiary/aromatic N) is 2. The maximum absolute atomic E-state index is 12.7. The second kappa shape index (κ2) is 24.8. The molecule has 0 aromatic rings. The van der Waals surface area contributed by atoms with E-state index in [4.69, 9.17) is 23.7 Å². The molecule has 6 amide bonds. The Bertz CT molecular complexity index is 1220. The molecule has 0 saturated heterocycles. The van der Waals surface area contributed by atoms with Crippen molar-refractivity contribution in [1.82, 2.24) is 31.5 Å². The van der Waals surface area contributed by atoms with Gasteiger partial charge in [-0.3, -0.25) is 20.4 Å². The first-order valence-corrected chi connectivity index (χ1v) is 18.9. The molecule has 0 rings (SSSR count). The van der Waals surface area contributed by atoms with Crippen LogP contribution in [-0.4, -0.2) is 116 Å². The summed E-state index contributed by atoms with van der Waals surface area (Å²) < 4.78 is 26.2. The molecule has 0 spiro atoms. The number of unbranched alkanes of at least 4 members (excludes halogenated alkanes) is 4. The molecule has 0 saturated carbocycles. The van der Waals surface area contributed by atoms with Crippen LogP contribution < -0.4 is 26.6 Å². The maximum Gasteiger partial charge on any atom is 0.414 e. The zero-order valence-corrected chi connectivity index (χ0v) is 35.3. The molecule has 0 heterocycles. The van der Waals surface area contributed by atoms with Gasteiger partial charge in [-0.2, -0.15) is 0 Å². The molecule has 5 N–H and O–H groups in total. The molecule has 18 nitrogen and oxygen atoms in total. The minimum Gasteiger partial charge on any atom is -0.444 e. The Morgan fingerprint density at radius 3 is 1.47 bits per heavy atom. The van der Waals surface area contributed by atoms with Crippen LogP contribution >= 0.6 is 0 Å². The molecule has 0 unspecified atom stereocenters. The molecule has 318 valence electrons. The van der Waals surface area contributed by atoms with E-state index in [1.54, 1.807) is 88.0 Å². The molecule has 0 radical (unpaired) electrons. The van der Waals surface area contributed by atoms with Crippen molar-refractivity contribution >= 4 is 42.3 Å². The Balaban J connectivity index is 4.42. The van der Waals surface area contributed by atoms with Crippen molar-refractivity contribution in [1.29, 1.82) is 0 Å². The summed E-state index contributed by atoms with van der Waals surface area (Å²) in [5.41, 5.74) is -2.75. The lowest BCUT2D eigenvalue weighted by atomic mass is 10.2. The standard InChI is InChI=1S/C37H69N7O11/c1-34(2,3)52-30(47)41-23-19-25-44(33(50)55-37(10,11)12)24-18-17-20-38-27(45)26-51-29(46)40-22-16-14-13-15-21-39-28(42-31(48)53-35(4,5)6)43-32(49)54-36(7,8)9/h13-26H2,1-12H3,(H,38,45)(H,40,46)(H,41,47)(H2,39,42,43,48,49). The van der Waals surface area contributed by atoms with Crippen LogP contribution in [0.4, 0.5) is 24.0 Å². The molecule has 0 aromatic heterocycles. The average molecular weight is 788 g/mol. The van der Waals surface area contributed by atoms with Gasteiger partial charge in [0.2, 0.25) is 5.96 Å². The first kappa shape index (κ1) is 50.5. The van der Waals surface area contributed by atoms with Crippen molar-refractivity contribution in [2.45, 2.75) is 150 Å². The summed E-state index contributed by atoms with van der Waals surface area (Å²) in [6.07, 6.45) is 1.25. The van der Waals surface area contributed by atoms with E-state index in [-0.39, 0.29) is 5.96 Å². The number of carbonyl (C=O) groups excluding carboxylic acids is 6. The third-order valence-electron chi connectivity index (χ3n) is 6.30. The number of guanidine groups is 1. The molecule has 0 atom stereocenters. The van der Waals surface area contributed by atoms with Crippen LogP contribution in [0.1, 0.15) is 128 Å². The van der Waals surface area contributed by atoms with E-state index in [2.05, 4.69) is 31.6 Å². The number of nitrogens with one attached hydrogen (secondary N) is 5. The SMILES string of the molecule is CC(C)(C)OC(=O)NCCCN(CCCCNC(=O)COC(=O)NCCCCCCN=C(NC(=O)OC(C)(C)C)NC(=O)OC(C)(C)C)C(=O)OC(C)(C)C. The highest BCUT2D eigenvalue weighted by molar-refractivity contribution is 6.01. The molecule has 0 aliphatic carbocycles. The zero-order valence-electron chi connectivity index (χ0n) is 35.3. The van der Waals surface area contributed by atoms with Crippen molar-refractivity contribution in [2.24, 2.45) is 4.99 Å². The number of amides is 6. The Kier molecular flexibility index (Phi) is 22.8. The lowest BCUT2D eigenvalue weighted by Gasteiger charge is -2.27. The number of alkyl carbamates (subject to hydrolysis) is 4. The van der Waals surface area contributed by atoms with Crippen molar-refractivity contribution in [2.75, 3.05) is 45.9 Å². The average Bonchev–Trinajstić information content (AvgIpc) is 2.98. The van der Waals surface area contributed by atoms with Gasteiger partial charge >= 0.3 is 30.5 Å². The van der Waals surface area contributed by atoms with Gasteiger partial charge in [-0.15, -0.1) is 0 Å². The summed E-state index contributed by atoms with van der Waals surface area (Å²) in [7, 11) is 0. The van der Waals surface area contributed by atoms with Crippen LogP contribution in [0, 0.1) is 0 Å². The molecule has 55 heavy (non-hydrogen) atoms.